The molecule has 0 saturated carbocycles. The Kier molecular flexibility index (Phi) is 14.3. The van der Waals surface area contributed by atoms with Gasteiger partial charge in [0.2, 0.25) is 11.8 Å². The number of aromatic nitrogens is 2. The number of amides is 4. The fraction of sp³-hybridized carbons (Fsp3) is 0.690. The molecule has 6 N–H and O–H groups in total. The number of carbonyl (C=O) groups is 3. The van der Waals surface area contributed by atoms with Crippen LogP contribution < -0.4 is 32.5 Å². The van der Waals surface area contributed by atoms with Crippen LogP contribution in [0.1, 0.15) is 63.2 Å². The summed E-state index contributed by atoms with van der Waals surface area (Å²) in [6.07, 6.45) is 7.19. The number of fused-ring (bicyclic) bond motifs is 1. The van der Waals surface area contributed by atoms with Crippen molar-refractivity contribution in [2.45, 2.75) is 87.1 Å². The van der Waals surface area contributed by atoms with Crippen molar-refractivity contribution < 1.29 is 42.4 Å². The van der Waals surface area contributed by atoms with Gasteiger partial charge in [-0.1, -0.05) is 12.8 Å². The molecule has 0 radical (unpaired) electrons. The van der Waals surface area contributed by atoms with Gasteiger partial charge in [0.25, 0.3) is 5.56 Å². The lowest BCUT2D eigenvalue weighted by Crippen LogP contribution is -2.37. The molecule has 268 valence electrons. The van der Waals surface area contributed by atoms with E-state index in [1.807, 2.05) is 11.8 Å². The molecule has 1 aromatic rings. The summed E-state index contributed by atoms with van der Waals surface area (Å²) in [4.78, 5) is 72.6. The molecule has 0 bridgehead atoms. The maximum Gasteiger partial charge on any atom is 0.472 e. The van der Waals surface area contributed by atoms with E-state index in [1.54, 1.807) is 0 Å². The van der Waals surface area contributed by atoms with Gasteiger partial charge in [-0.2, -0.15) is 11.8 Å². The van der Waals surface area contributed by atoms with Crippen LogP contribution in [0.15, 0.2) is 21.9 Å². The summed E-state index contributed by atoms with van der Waals surface area (Å²) in [6.45, 7) is 0.698. The lowest BCUT2D eigenvalue weighted by molar-refractivity contribution is -0.121. The van der Waals surface area contributed by atoms with E-state index in [0.717, 1.165) is 56.0 Å². The third-order valence-electron chi connectivity index (χ3n) is 8.39. The van der Waals surface area contributed by atoms with Crippen LogP contribution in [0.2, 0.25) is 0 Å². The quantitative estimate of drug-likeness (QED) is 0.0505. The molecule has 3 aliphatic heterocycles. The number of hydrogen-bond acceptors (Lipinski definition) is 11. The topological polar surface area (TPSA) is 228 Å². The van der Waals surface area contributed by atoms with Crippen LogP contribution in [-0.2, 0) is 32.7 Å². The fourth-order valence-electron chi connectivity index (χ4n) is 5.79. The van der Waals surface area contributed by atoms with Gasteiger partial charge in [-0.25, -0.2) is 14.2 Å². The molecular weight excluding hydrogens is 671 g/mol. The van der Waals surface area contributed by atoms with Crippen molar-refractivity contribution in [3.05, 3.63) is 38.7 Å². The molecule has 4 amide bonds. The number of nitrogens with zero attached hydrogens (tertiary/aromatic N) is 1. The zero-order chi connectivity index (χ0) is 34.7. The van der Waals surface area contributed by atoms with Crippen molar-refractivity contribution in [2.75, 3.05) is 39.7 Å². The molecule has 48 heavy (non-hydrogen) atoms. The standard InChI is InChI=1S/C29H45N6O11PS/c1-43-20-14-25(46-21(20)16-45-47(41,42)44-2)35-15-18(27(38)34-29(35)40)10-11-24(37)31-13-6-4-3-5-12-30-23(36)9-7-8-22-26-19(17-48-22)32-28(39)33-26/h10-11,15,19-22,25-26H,3-9,12-14,16-17H2,1-2H3,(H,30,36)(H,31,37)(H,41,42)(H2,32,33,39)(H,34,38,40). The first kappa shape index (κ1) is 37.8. The number of rotatable bonds is 19. The molecule has 3 fully saturated rings. The van der Waals surface area contributed by atoms with E-state index in [0.29, 0.717) is 24.8 Å². The first-order valence-electron chi connectivity index (χ1n) is 16.0. The Labute approximate surface area is 281 Å². The van der Waals surface area contributed by atoms with E-state index >= 15 is 0 Å². The second-order valence-electron chi connectivity index (χ2n) is 11.7. The largest absolute Gasteiger partial charge is 0.472 e. The highest BCUT2D eigenvalue weighted by atomic mass is 32.2. The van der Waals surface area contributed by atoms with E-state index in [1.165, 1.54) is 25.5 Å². The zero-order valence-corrected chi connectivity index (χ0v) is 28.7. The molecule has 7 unspecified atom stereocenters. The average Bonchev–Trinajstić information content (AvgIpc) is 3.75. The molecule has 19 heteroatoms. The van der Waals surface area contributed by atoms with Crippen LogP contribution in [0.3, 0.4) is 0 Å². The van der Waals surface area contributed by atoms with Gasteiger partial charge < -0.3 is 35.6 Å². The lowest BCUT2D eigenvalue weighted by atomic mass is 10.0. The summed E-state index contributed by atoms with van der Waals surface area (Å²) >= 11 is 1.84. The third-order valence-corrected chi connectivity index (χ3v) is 10.8. The lowest BCUT2D eigenvalue weighted by Gasteiger charge is -2.18. The number of aromatic amines is 1. The van der Waals surface area contributed by atoms with Crippen LogP contribution in [0.4, 0.5) is 4.79 Å². The van der Waals surface area contributed by atoms with Gasteiger partial charge in [-0.15, -0.1) is 0 Å². The maximum atomic E-state index is 12.5. The normalized spacial score (nSPS) is 26.2. The van der Waals surface area contributed by atoms with Gasteiger partial charge >= 0.3 is 19.5 Å². The highest BCUT2D eigenvalue weighted by molar-refractivity contribution is 8.00. The van der Waals surface area contributed by atoms with Gasteiger partial charge in [0.1, 0.15) is 12.3 Å². The minimum absolute atomic E-state index is 0.0308. The smallest absolute Gasteiger partial charge is 0.378 e. The number of urea groups is 1. The Morgan fingerprint density at radius 2 is 1.88 bits per heavy atom. The second-order valence-corrected chi connectivity index (χ2v) is 14.6. The summed E-state index contributed by atoms with van der Waals surface area (Å²) in [5.74, 6) is 0.532. The number of ether oxygens (including phenoxy) is 2. The van der Waals surface area contributed by atoms with Crippen LogP contribution >= 0.6 is 19.6 Å². The molecule has 4 rings (SSSR count). The molecule has 0 aliphatic carbocycles. The highest BCUT2D eigenvalue weighted by Gasteiger charge is 2.42. The van der Waals surface area contributed by atoms with Crippen molar-refractivity contribution in [3.63, 3.8) is 0 Å². The number of phosphoric acid groups is 1. The van der Waals surface area contributed by atoms with E-state index in [4.69, 9.17) is 14.0 Å². The molecule has 7 atom stereocenters. The first-order valence-corrected chi connectivity index (χ1v) is 18.5. The summed E-state index contributed by atoms with van der Waals surface area (Å²) < 4.78 is 33.3. The van der Waals surface area contributed by atoms with Crippen molar-refractivity contribution >= 4 is 43.5 Å². The van der Waals surface area contributed by atoms with Crippen molar-refractivity contribution in [2.24, 2.45) is 0 Å². The minimum atomic E-state index is -4.25. The number of unbranched alkanes of at least 4 members (excludes halogenated alkanes) is 3. The number of carbonyl (C=O) groups excluding carboxylic acids is 3. The Balaban J connectivity index is 1.09. The third kappa shape index (κ3) is 11.0. The molecular formula is C29H45N6O11PS. The molecule has 3 saturated heterocycles. The summed E-state index contributed by atoms with van der Waals surface area (Å²) in [5, 5.41) is 11.9. The number of methoxy groups -OCH3 is 1. The minimum Gasteiger partial charge on any atom is -0.378 e. The van der Waals surface area contributed by atoms with Crippen molar-refractivity contribution in [3.8, 4) is 0 Å². The predicted molar refractivity (Wildman–Crippen MR) is 176 cm³/mol. The summed E-state index contributed by atoms with van der Waals surface area (Å²) in [5.41, 5.74) is -1.37. The van der Waals surface area contributed by atoms with Gasteiger partial charge in [0.15, 0.2) is 0 Å². The predicted octanol–water partition coefficient (Wildman–Crippen LogP) is 0.744. The Morgan fingerprint density at radius 1 is 1.12 bits per heavy atom. The molecule has 1 aromatic heterocycles. The van der Waals surface area contributed by atoms with Crippen molar-refractivity contribution in [1.82, 2.24) is 30.8 Å². The van der Waals surface area contributed by atoms with Crippen LogP contribution in [0.5, 0.6) is 0 Å². The summed E-state index contributed by atoms with van der Waals surface area (Å²) in [6, 6.07) is 0.238. The van der Waals surface area contributed by atoms with Crippen LogP contribution in [0, 0.1) is 0 Å². The SMILES string of the molecule is COC1CC(n2cc(C=CC(=O)NCCCCCCNC(=O)CCCC3SCC4NC(=O)NC43)c(=O)[nH]c2=O)OC1COP(=O)(O)OC. The van der Waals surface area contributed by atoms with E-state index in [9.17, 15) is 33.4 Å². The number of phosphoric ester groups is 1. The molecule has 4 heterocycles. The number of H-pyrrole nitrogens is 1. The number of nitrogens with one attached hydrogen (secondary N) is 5. The Bertz CT molecular complexity index is 1470. The number of hydrogen-bond donors (Lipinski definition) is 6. The average molecular weight is 717 g/mol. The van der Waals surface area contributed by atoms with Gasteiger partial charge in [0, 0.05) is 63.4 Å². The van der Waals surface area contributed by atoms with E-state index < -0.39 is 43.4 Å². The van der Waals surface area contributed by atoms with Crippen LogP contribution in [-0.4, -0.2) is 102 Å². The van der Waals surface area contributed by atoms with E-state index in [-0.39, 0.29) is 42.6 Å². The number of thioether (sulfide) groups is 1. The Hall–Kier alpha value is -2.99. The monoisotopic (exact) mass is 716 g/mol. The molecule has 0 aromatic carbocycles. The summed E-state index contributed by atoms with van der Waals surface area (Å²) in [7, 11) is -1.80. The van der Waals surface area contributed by atoms with E-state index in [2.05, 4.69) is 30.8 Å². The molecule has 0 spiro atoms. The van der Waals surface area contributed by atoms with Gasteiger partial charge in [-0.3, -0.25) is 33.0 Å². The van der Waals surface area contributed by atoms with Crippen LogP contribution in [0.25, 0.3) is 6.08 Å². The van der Waals surface area contributed by atoms with Gasteiger partial charge in [-0.05, 0) is 31.8 Å². The Morgan fingerprint density at radius 3 is 2.60 bits per heavy atom. The first-order chi connectivity index (χ1) is 23.0. The maximum absolute atomic E-state index is 12.5. The highest BCUT2D eigenvalue weighted by Crippen LogP contribution is 2.43. The van der Waals surface area contributed by atoms with Gasteiger partial charge in [0.05, 0.1) is 30.4 Å². The zero-order valence-electron chi connectivity index (χ0n) is 27.0. The molecule has 3 aliphatic rings. The fourth-order valence-corrected chi connectivity index (χ4v) is 7.77. The second kappa shape index (κ2) is 18.1. The molecule has 17 nitrogen and oxygen atoms in total. The van der Waals surface area contributed by atoms with Crippen molar-refractivity contribution in [1.29, 1.82) is 0 Å².